The fraction of sp³-hybridized carbons (Fsp3) is 0.615. The Morgan fingerprint density at radius 3 is 3.00 bits per heavy atom. The number of aromatic nitrogens is 3. The molecular formula is C13H18N4OS. The van der Waals surface area contributed by atoms with Gasteiger partial charge in [-0.2, -0.15) is 4.98 Å². The Balaban J connectivity index is 1.55. The van der Waals surface area contributed by atoms with Gasteiger partial charge >= 0.3 is 0 Å². The Bertz CT molecular complexity index is 546. The summed E-state index contributed by atoms with van der Waals surface area (Å²) in [6, 6.07) is 0.202. The van der Waals surface area contributed by atoms with Crippen molar-refractivity contribution >= 4 is 11.3 Å². The largest absolute Gasteiger partial charge is 0.338 e. The molecule has 2 heterocycles. The van der Waals surface area contributed by atoms with Crippen molar-refractivity contribution in [1.29, 1.82) is 0 Å². The summed E-state index contributed by atoms with van der Waals surface area (Å²) in [6.07, 6.45) is 3.38. The zero-order chi connectivity index (χ0) is 13.2. The van der Waals surface area contributed by atoms with Gasteiger partial charge in [-0.05, 0) is 26.2 Å². The van der Waals surface area contributed by atoms with Crippen molar-refractivity contribution in [1.82, 2.24) is 20.4 Å². The average molecular weight is 278 g/mol. The highest BCUT2D eigenvalue weighted by Gasteiger charge is 2.28. The second-order valence-electron chi connectivity index (χ2n) is 4.94. The lowest BCUT2D eigenvalue weighted by molar-refractivity contribution is 0.355. The van der Waals surface area contributed by atoms with Gasteiger partial charge in [0.15, 0.2) is 5.82 Å². The lowest BCUT2D eigenvalue weighted by Gasteiger charge is -2.08. The van der Waals surface area contributed by atoms with Gasteiger partial charge < -0.3 is 9.84 Å². The number of rotatable bonds is 6. The number of aryl methyl sites for hydroxylation is 1. The minimum absolute atomic E-state index is 0.202. The first-order valence-corrected chi connectivity index (χ1v) is 7.64. The Labute approximate surface area is 116 Å². The normalized spacial score (nSPS) is 16.7. The van der Waals surface area contributed by atoms with Gasteiger partial charge in [0.1, 0.15) is 0 Å². The maximum atomic E-state index is 5.24. The van der Waals surface area contributed by atoms with Crippen LogP contribution in [0.5, 0.6) is 0 Å². The fourth-order valence-electron chi connectivity index (χ4n) is 1.88. The molecule has 0 saturated heterocycles. The molecule has 0 bridgehead atoms. The topological polar surface area (TPSA) is 63.8 Å². The van der Waals surface area contributed by atoms with Crippen LogP contribution in [-0.2, 0) is 13.0 Å². The zero-order valence-corrected chi connectivity index (χ0v) is 12.0. The van der Waals surface area contributed by atoms with Crippen molar-refractivity contribution in [2.75, 3.05) is 0 Å². The van der Waals surface area contributed by atoms with E-state index in [9.17, 15) is 0 Å². The summed E-state index contributed by atoms with van der Waals surface area (Å²) < 4.78 is 5.24. The van der Waals surface area contributed by atoms with E-state index in [1.54, 1.807) is 11.3 Å². The van der Waals surface area contributed by atoms with Gasteiger partial charge in [-0.3, -0.25) is 0 Å². The highest BCUT2D eigenvalue weighted by Crippen LogP contribution is 2.38. The van der Waals surface area contributed by atoms with Crippen LogP contribution in [0.1, 0.15) is 61.1 Å². The van der Waals surface area contributed by atoms with Gasteiger partial charge in [0.05, 0.1) is 17.2 Å². The number of nitrogens with zero attached hydrogens (tertiary/aromatic N) is 3. The maximum Gasteiger partial charge on any atom is 0.240 e. The lowest BCUT2D eigenvalue weighted by Crippen LogP contribution is -2.18. The minimum Gasteiger partial charge on any atom is -0.338 e. The minimum atomic E-state index is 0.202. The van der Waals surface area contributed by atoms with Crippen LogP contribution in [0.3, 0.4) is 0 Å². The van der Waals surface area contributed by atoms with E-state index in [1.165, 1.54) is 17.8 Å². The van der Waals surface area contributed by atoms with E-state index in [4.69, 9.17) is 4.52 Å². The molecule has 1 saturated carbocycles. The highest BCUT2D eigenvalue weighted by molar-refractivity contribution is 7.09. The lowest BCUT2D eigenvalue weighted by atomic mass is 10.2. The molecule has 2 aromatic rings. The first-order valence-electron chi connectivity index (χ1n) is 6.76. The predicted octanol–water partition coefficient (Wildman–Crippen LogP) is 2.82. The molecule has 0 aliphatic heterocycles. The van der Waals surface area contributed by atoms with Crippen LogP contribution in [0.15, 0.2) is 9.90 Å². The molecule has 0 amide bonds. The van der Waals surface area contributed by atoms with E-state index in [0.717, 1.165) is 17.9 Å². The molecule has 6 heteroatoms. The van der Waals surface area contributed by atoms with Crippen molar-refractivity contribution in [2.24, 2.45) is 0 Å². The van der Waals surface area contributed by atoms with E-state index in [0.29, 0.717) is 18.4 Å². The molecule has 0 aromatic carbocycles. The van der Waals surface area contributed by atoms with Crippen molar-refractivity contribution in [2.45, 2.75) is 51.6 Å². The van der Waals surface area contributed by atoms with Crippen LogP contribution in [-0.4, -0.2) is 15.1 Å². The first kappa shape index (κ1) is 12.7. The standard InChI is InChI=1S/C13H18N4OS/c1-3-12-15-10(7-19-12)8(2)14-6-11-16-13(17-18-11)9-4-5-9/h7-9,14H,3-6H2,1-2H3/t8-/m0/s1. The summed E-state index contributed by atoms with van der Waals surface area (Å²) in [5, 5.41) is 10.7. The molecule has 0 radical (unpaired) electrons. The Hall–Kier alpha value is -1.27. The monoisotopic (exact) mass is 278 g/mol. The zero-order valence-electron chi connectivity index (χ0n) is 11.2. The SMILES string of the molecule is CCc1nc([C@H](C)NCc2nc(C3CC3)no2)cs1. The molecule has 1 aliphatic rings. The van der Waals surface area contributed by atoms with E-state index in [2.05, 4.69) is 39.7 Å². The molecule has 19 heavy (non-hydrogen) atoms. The van der Waals surface area contributed by atoms with Crippen LogP contribution >= 0.6 is 11.3 Å². The van der Waals surface area contributed by atoms with Crippen molar-refractivity contribution in [3.05, 3.63) is 27.8 Å². The summed E-state index contributed by atoms with van der Waals surface area (Å²) in [4.78, 5) is 8.97. The summed E-state index contributed by atoms with van der Waals surface area (Å²) >= 11 is 1.71. The molecule has 0 spiro atoms. The second-order valence-corrected chi connectivity index (χ2v) is 5.89. The molecule has 2 aromatic heterocycles. The van der Waals surface area contributed by atoms with Gasteiger partial charge in [0, 0.05) is 17.3 Å². The number of hydrogen-bond acceptors (Lipinski definition) is 6. The van der Waals surface area contributed by atoms with Crippen molar-refractivity contribution in [3.63, 3.8) is 0 Å². The van der Waals surface area contributed by atoms with E-state index in [-0.39, 0.29) is 6.04 Å². The van der Waals surface area contributed by atoms with Crippen molar-refractivity contribution in [3.8, 4) is 0 Å². The number of nitrogens with one attached hydrogen (secondary N) is 1. The van der Waals surface area contributed by atoms with Crippen LogP contribution in [0.4, 0.5) is 0 Å². The van der Waals surface area contributed by atoms with Crippen molar-refractivity contribution < 1.29 is 4.52 Å². The van der Waals surface area contributed by atoms with E-state index in [1.807, 2.05) is 0 Å². The van der Waals surface area contributed by atoms with E-state index >= 15 is 0 Å². The molecule has 3 rings (SSSR count). The Morgan fingerprint density at radius 2 is 2.32 bits per heavy atom. The highest BCUT2D eigenvalue weighted by atomic mass is 32.1. The average Bonchev–Trinajstić information content (AvgIpc) is 2.99. The molecule has 0 unspecified atom stereocenters. The number of thiazole rings is 1. The summed E-state index contributed by atoms with van der Waals surface area (Å²) in [5.41, 5.74) is 1.09. The van der Waals surface area contributed by atoms with Gasteiger partial charge in [0.2, 0.25) is 5.89 Å². The smallest absolute Gasteiger partial charge is 0.240 e. The van der Waals surface area contributed by atoms with Gasteiger partial charge in [-0.15, -0.1) is 11.3 Å². The fourth-order valence-corrected chi connectivity index (χ4v) is 2.72. The third-order valence-electron chi connectivity index (χ3n) is 3.30. The summed E-state index contributed by atoms with van der Waals surface area (Å²) in [7, 11) is 0. The first-order chi connectivity index (χ1) is 9.26. The van der Waals surface area contributed by atoms with Gasteiger partial charge in [0.25, 0.3) is 0 Å². The number of hydrogen-bond donors (Lipinski definition) is 1. The third-order valence-corrected chi connectivity index (χ3v) is 4.31. The van der Waals surface area contributed by atoms with Crippen LogP contribution < -0.4 is 5.32 Å². The summed E-state index contributed by atoms with van der Waals surface area (Å²) in [5.74, 6) is 2.08. The van der Waals surface area contributed by atoms with E-state index < -0.39 is 0 Å². The molecular weight excluding hydrogens is 260 g/mol. The van der Waals surface area contributed by atoms with Gasteiger partial charge in [-0.25, -0.2) is 4.98 Å². The van der Waals surface area contributed by atoms with Crippen LogP contribution in [0.25, 0.3) is 0 Å². The van der Waals surface area contributed by atoms with Gasteiger partial charge in [-0.1, -0.05) is 12.1 Å². The molecule has 1 atom stereocenters. The Kier molecular flexibility index (Phi) is 3.61. The molecule has 1 aliphatic carbocycles. The van der Waals surface area contributed by atoms with Crippen LogP contribution in [0.2, 0.25) is 0 Å². The Morgan fingerprint density at radius 1 is 1.47 bits per heavy atom. The molecule has 102 valence electrons. The quantitative estimate of drug-likeness (QED) is 0.880. The molecule has 1 fully saturated rings. The molecule has 1 N–H and O–H groups in total. The third kappa shape index (κ3) is 3.01. The second kappa shape index (κ2) is 5.38. The summed E-state index contributed by atoms with van der Waals surface area (Å²) in [6.45, 7) is 4.82. The molecule has 5 nitrogen and oxygen atoms in total. The van der Waals surface area contributed by atoms with Crippen LogP contribution in [0, 0.1) is 0 Å². The predicted molar refractivity (Wildman–Crippen MR) is 73.0 cm³/mol. The maximum absolute atomic E-state index is 5.24.